The van der Waals surface area contributed by atoms with Gasteiger partial charge >= 0.3 is 0 Å². The number of aliphatic hydroxyl groups is 1. The predicted octanol–water partition coefficient (Wildman–Crippen LogP) is 2.87. The first-order valence-electron chi connectivity index (χ1n) is 7.34. The van der Waals surface area contributed by atoms with Crippen molar-refractivity contribution in [3.05, 3.63) is 34.9 Å². The molecule has 20 heavy (non-hydrogen) atoms. The van der Waals surface area contributed by atoms with Gasteiger partial charge in [-0.3, -0.25) is 4.79 Å². The van der Waals surface area contributed by atoms with Crippen molar-refractivity contribution in [3.8, 4) is 0 Å². The number of aliphatic hydroxyl groups excluding tert-OH is 1. The minimum Gasteiger partial charge on any atom is -0.393 e. The maximum atomic E-state index is 12.2. The van der Waals surface area contributed by atoms with Crippen LogP contribution < -0.4 is 5.32 Å². The van der Waals surface area contributed by atoms with E-state index in [4.69, 9.17) is 11.6 Å². The fourth-order valence-corrected chi connectivity index (χ4v) is 3.91. The van der Waals surface area contributed by atoms with E-state index in [0.717, 1.165) is 19.3 Å². The quantitative estimate of drug-likeness (QED) is 0.897. The van der Waals surface area contributed by atoms with Crippen molar-refractivity contribution in [2.24, 2.45) is 17.8 Å². The zero-order valence-corrected chi connectivity index (χ0v) is 12.3. The number of hydrogen-bond acceptors (Lipinski definition) is 2. The maximum Gasteiger partial charge on any atom is 0.251 e. The average molecular weight is 294 g/mol. The Hall–Kier alpha value is -1.06. The van der Waals surface area contributed by atoms with E-state index in [-0.39, 0.29) is 18.1 Å². The van der Waals surface area contributed by atoms with Crippen LogP contribution in [0.25, 0.3) is 0 Å². The van der Waals surface area contributed by atoms with E-state index in [1.807, 2.05) is 0 Å². The van der Waals surface area contributed by atoms with E-state index in [1.54, 1.807) is 24.3 Å². The topological polar surface area (TPSA) is 49.3 Å². The van der Waals surface area contributed by atoms with Crippen molar-refractivity contribution in [2.75, 3.05) is 0 Å². The molecule has 2 saturated carbocycles. The second kappa shape index (κ2) is 5.38. The Kier molecular flexibility index (Phi) is 3.74. The van der Waals surface area contributed by atoms with Crippen molar-refractivity contribution in [1.29, 1.82) is 0 Å². The molecule has 1 aromatic carbocycles. The largest absolute Gasteiger partial charge is 0.393 e. The van der Waals surface area contributed by atoms with Gasteiger partial charge in [-0.05, 0) is 61.3 Å². The highest BCUT2D eigenvalue weighted by atomic mass is 35.5. The average Bonchev–Trinajstić information content (AvgIpc) is 2.92. The summed E-state index contributed by atoms with van der Waals surface area (Å²) in [5, 5.41) is 13.4. The predicted molar refractivity (Wildman–Crippen MR) is 78.7 cm³/mol. The summed E-state index contributed by atoms with van der Waals surface area (Å²) in [6, 6.07) is 7.20. The molecule has 2 fully saturated rings. The smallest absolute Gasteiger partial charge is 0.251 e. The van der Waals surface area contributed by atoms with Crippen LogP contribution >= 0.6 is 11.6 Å². The molecule has 0 spiro atoms. The molecule has 0 radical (unpaired) electrons. The first kappa shape index (κ1) is 13.9. The van der Waals surface area contributed by atoms with Crippen LogP contribution in [-0.4, -0.2) is 23.2 Å². The van der Waals surface area contributed by atoms with Crippen LogP contribution in [0.2, 0.25) is 5.02 Å². The summed E-state index contributed by atoms with van der Waals surface area (Å²) in [7, 11) is 0. The molecule has 2 aliphatic rings. The lowest BCUT2D eigenvalue weighted by atomic mass is 10.0. The lowest BCUT2D eigenvalue weighted by Gasteiger charge is -2.20. The van der Waals surface area contributed by atoms with Crippen LogP contribution in [0.15, 0.2) is 24.3 Å². The Morgan fingerprint density at radius 1 is 1.35 bits per heavy atom. The van der Waals surface area contributed by atoms with Gasteiger partial charge in [0, 0.05) is 16.6 Å². The normalized spacial score (nSPS) is 29.9. The van der Waals surface area contributed by atoms with Gasteiger partial charge in [-0.25, -0.2) is 0 Å². The van der Waals surface area contributed by atoms with Gasteiger partial charge in [0.15, 0.2) is 0 Å². The van der Waals surface area contributed by atoms with Crippen LogP contribution in [0, 0.1) is 17.8 Å². The van der Waals surface area contributed by atoms with Crippen LogP contribution in [0.4, 0.5) is 0 Å². The minimum atomic E-state index is -0.120. The number of halogens is 1. The fraction of sp³-hybridized carbons (Fsp3) is 0.562. The number of benzene rings is 1. The molecule has 3 atom stereocenters. The number of carbonyl (C=O) groups excluding carboxylic acids is 1. The standard InChI is InChI=1S/C16H20ClNO2/c1-2-14(15-12-7-11(19)8-13(12)15)18-16(20)9-3-5-10(17)6-4-9/h3-6,11-15,19H,2,7-8H2,1H3,(H,18,20)/t11?,12-,13-,14-,15?/m0/s1. The first-order chi connectivity index (χ1) is 9.60. The van der Waals surface area contributed by atoms with Gasteiger partial charge < -0.3 is 10.4 Å². The van der Waals surface area contributed by atoms with Crippen molar-refractivity contribution < 1.29 is 9.90 Å². The summed E-state index contributed by atoms with van der Waals surface area (Å²) in [6.45, 7) is 2.11. The zero-order valence-electron chi connectivity index (χ0n) is 11.6. The van der Waals surface area contributed by atoms with E-state index >= 15 is 0 Å². The van der Waals surface area contributed by atoms with Crippen molar-refractivity contribution in [3.63, 3.8) is 0 Å². The maximum absolute atomic E-state index is 12.2. The second-order valence-corrected chi connectivity index (χ2v) is 6.46. The molecule has 2 N–H and O–H groups in total. The van der Waals surface area contributed by atoms with Gasteiger partial charge in [-0.2, -0.15) is 0 Å². The Bertz CT molecular complexity index is 490. The molecule has 1 amide bonds. The monoisotopic (exact) mass is 293 g/mol. The molecular formula is C16H20ClNO2. The molecule has 0 aliphatic heterocycles. The van der Waals surface area contributed by atoms with Crippen LogP contribution in [0.3, 0.4) is 0 Å². The molecule has 4 heteroatoms. The Morgan fingerprint density at radius 2 is 1.95 bits per heavy atom. The van der Waals surface area contributed by atoms with E-state index in [9.17, 15) is 9.90 Å². The number of fused-ring (bicyclic) bond motifs is 1. The molecule has 0 bridgehead atoms. The number of amides is 1. The molecule has 0 aromatic heterocycles. The van der Waals surface area contributed by atoms with E-state index < -0.39 is 0 Å². The van der Waals surface area contributed by atoms with E-state index in [1.165, 1.54) is 0 Å². The molecule has 0 heterocycles. The number of hydrogen-bond donors (Lipinski definition) is 2. The van der Waals surface area contributed by atoms with Gasteiger partial charge in [0.05, 0.1) is 6.10 Å². The lowest BCUT2D eigenvalue weighted by Crippen LogP contribution is -2.37. The van der Waals surface area contributed by atoms with Crippen LogP contribution in [-0.2, 0) is 0 Å². The summed E-state index contributed by atoms with van der Waals surface area (Å²) in [4.78, 5) is 12.2. The summed E-state index contributed by atoms with van der Waals surface area (Å²) in [6.07, 6.45) is 2.63. The Balaban J connectivity index is 1.61. The molecule has 1 aromatic rings. The Labute approximate surface area is 124 Å². The van der Waals surface area contributed by atoms with E-state index in [0.29, 0.717) is 28.3 Å². The SMILES string of the molecule is CC[C@H](NC(=O)c1ccc(Cl)cc1)C1[C@H]2CC(O)C[C@H]12. The zero-order chi connectivity index (χ0) is 14.3. The van der Waals surface area contributed by atoms with Gasteiger partial charge in [0.25, 0.3) is 5.91 Å². The van der Waals surface area contributed by atoms with Gasteiger partial charge in [0.2, 0.25) is 0 Å². The number of carbonyl (C=O) groups is 1. The number of nitrogens with one attached hydrogen (secondary N) is 1. The van der Waals surface area contributed by atoms with Gasteiger partial charge in [-0.15, -0.1) is 0 Å². The van der Waals surface area contributed by atoms with Crippen molar-refractivity contribution in [1.82, 2.24) is 5.32 Å². The molecule has 3 nitrogen and oxygen atoms in total. The molecular weight excluding hydrogens is 274 g/mol. The van der Waals surface area contributed by atoms with E-state index in [2.05, 4.69) is 12.2 Å². The van der Waals surface area contributed by atoms with Gasteiger partial charge in [0.1, 0.15) is 0 Å². The molecule has 3 rings (SSSR count). The van der Waals surface area contributed by atoms with Crippen LogP contribution in [0.1, 0.15) is 36.5 Å². The molecule has 2 aliphatic carbocycles. The van der Waals surface area contributed by atoms with Crippen molar-refractivity contribution in [2.45, 2.75) is 38.3 Å². The minimum absolute atomic E-state index is 0.0287. The third-order valence-electron chi connectivity index (χ3n) is 4.81. The summed E-state index contributed by atoms with van der Waals surface area (Å²) in [5.41, 5.74) is 0.652. The molecule has 0 unspecified atom stereocenters. The molecule has 108 valence electrons. The van der Waals surface area contributed by atoms with Crippen LogP contribution in [0.5, 0.6) is 0 Å². The lowest BCUT2D eigenvalue weighted by molar-refractivity contribution is 0.0922. The van der Waals surface area contributed by atoms with Gasteiger partial charge in [-0.1, -0.05) is 18.5 Å². The highest BCUT2D eigenvalue weighted by Crippen LogP contribution is 2.59. The first-order valence-corrected chi connectivity index (χ1v) is 7.72. The summed E-state index contributed by atoms with van der Waals surface area (Å²) in [5.74, 6) is 1.75. The third-order valence-corrected chi connectivity index (χ3v) is 5.07. The fourth-order valence-electron chi connectivity index (χ4n) is 3.78. The highest BCUT2D eigenvalue weighted by Gasteiger charge is 2.58. The second-order valence-electron chi connectivity index (χ2n) is 6.03. The molecule has 0 saturated heterocycles. The Morgan fingerprint density at radius 3 is 2.50 bits per heavy atom. The highest BCUT2D eigenvalue weighted by molar-refractivity contribution is 6.30. The van der Waals surface area contributed by atoms with Crippen molar-refractivity contribution >= 4 is 17.5 Å². The summed E-state index contributed by atoms with van der Waals surface area (Å²) < 4.78 is 0. The summed E-state index contributed by atoms with van der Waals surface area (Å²) >= 11 is 5.83. The number of rotatable bonds is 4. The third kappa shape index (κ3) is 2.57.